The van der Waals surface area contributed by atoms with Crippen LogP contribution in [0.2, 0.25) is 0 Å². The Morgan fingerprint density at radius 1 is 1.40 bits per heavy atom. The van der Waals surface area contributed by atoms with E-state index in [2.05, 4.69) is 11.9 Å². The lowest BCUT2D eigenvalue weighted by Crippen LogP contribution is -2.19. The molecule has 2 aromatic heterocycles. The van der Waals surface area contributed by atoms with Crippen molar-refractivity contribution >= 4 is 21.6 Å². The van der Waals surface area contributed by atoms with E-state index in [1.807, 2.05) is 11.5 Å². The quantitative estimate of drug-likeness (QED) is 0.681. The third-order valence-electron chi connectivity index (χ3n) is 3.13. The number of thiophene rings is 1. The largest absolute Gasteiger partial charge is 0.295 e. The first-order valence-electron chi connectivity index (χ1n) is 5.18. The molecule has 0 saturated carbocycles. The molecule has 1 aliphatic heterocycles. The molecule has 78 valence electrons. The Morgan fingerprint density at radius 3 is 3.00 bits per heavy atom. The summed E-state index contributed by atoms with van der Waals surface area (Å²) in [6.45, 7) is 4.94. The van der Waals surface area contributed by atoms with Crippen LogP contribution in [0.3, 0.4) is 0 Å². The number of aromatic nitrogens is 2. The first kappa shape index (κ1) is 9.09. The highest BCUT2D eigenvalue weighted by atomic mass is 32.1. The highest BCUT2D eigenvalue weighted by Crippen LogP contribution is 2.27. The lowest BCUT2D eigenvalue weighted by Gasteiger charge is -2.01. The molecular weight excluding hydrogens is 208 g/mol. The molecule has 0 unspecified atom stereocenters. The smallest absolute Gasteiger partial charge is 0.271 e. The number of hydrogen-bond acceptors (Lipinski definition) is 3. The molecule has 15 heavy (non-hydrogen) atoms. The van der Waals surface area contributed by atoms with Gasteiger partial charge < -0.3 is 0 Å². The predicted molar refractivity (Wildman–Crippen MR) is 61.7 cm³/mol. The van der Waals surface area contributed by atoms with Crippen molar-refractivity contribution in [1.82, 2.24) is 9.55 Å². The van der Waals surface area contributed by atoms with E-state index in [0.29, 0.717) is 0 Å². The average molecular weight is 220 g/mol. The highest BCUT2D eigenvalue weighted by molar-refractivity contribution is 7.19. The Balaban J connectivity index is 2.51. The van der Waals surface area contributed by atoms with Gasteiger partial charge in [-0.15, -0.1) is 11.3 Å². The van der Waals surface area contributed by atoms with Crippen molar-refractivity contribution in [2.45, 2.75) is 33.2 Å². The summed E-state index contributed by atoms with van der Waals surface area (Å²) < 4.78 is 2.66. The normalized spacial score (nSPS) is 14.8. The van der Waals surface area contributed by atoms with Gasteiger partial charge in [0.15, 0.2) is 0 Å². The van der Waals surface area contributed by atoms with Crippen LogP contribution >= 0.6 is 11.3 Å². The molecule has 0 radical (unpaired) electrons. The lowest BCUT2D eigenvalue weighted by molar-refractivity contribution is 0.720. The lowest BCUT2D eigenvalue weighted by atomic mass is 10.2. The number of aryl methyl sites for hydroxylation is 3. The standard InChI is InChI=1S/C11H12N2OS/c1-6-7(2)15-10-9(6)12-8-4-3-5-13(8)11(10)14/h3-5H2,1-2H3. The van der Waals surface area contributed by atoms with Gasteiger partial charge in [-0.05, 0) is 25.8 Å². The third-order valence-corrected chi connectivity index (χ3v) is 4.31. The van der Waals surface area contributed by atoms with E-state index in [9.17, 15) is 4.79 Å². The Kier molecular flexibility index (Phi) is 1.77. The molecule has 0 bridgehead atoms. The van der Waals surface area contributed by atoms with Crippen molar-refractivity contribution in [1.29, 1.82) is 0 Å². The highest BCUT2D eigenvalue weighted by Gasteiger charge is 2.18. The van der Waals surface area contributed by atoms with E-state index >= 15 is 0 Å². The second-order valence-electron chi connectivity index (χ2n) is 4.05. The van der Waals surface area contributed by atoms with Crippen molar-refractivity contribution in [3.05, 3.63) is 26.6 Å². The molecule has 3 rings (SSSR count). The zero-order valence-corrected chi connectivity index (χ0v) is 9.65. The summed E-state index contributed by atoms with van der Waals surface area (Å²) in [5.41, 5.74) is 2.26. The second-order valence-corrected chi connectivity index (χ2v) is 5.27. The molecule has 0 saturated heterocycles. The van der Waals surface area contributed by atoms with Gasteiger partial charge in [-0.2, -0.15) is 0 Å². The predicted octanol–water partition coefficient (Wildman–Crippen LogP) is 2.02. The van der Waals surface area contributed by atoms with E-state index in [4.69, 9.17) is 0 Å². The zero-order valence-electron chi connectivity index (χ0n) is 8.83. The van der Waals surface area contributed by atoms with Crippen molar-refractivity contribution in [2.75, 3.05) is 0 Å². The van der Waals surface area contributed by atoms with Gasteiger partial charge in [-0.25, -0.2) is 4.98 Å². The molecule has 1 aliphatic rings. The number of fused-ring (bicyclic) bond motifs is 2. The van der Waals surface area contributed by atoms with Crippen molar-refractivity contribution in [3.63, 3.8) is 0 Å². The maximum absolute atomic E-state index is 12.1. The van der Waals surface area contributed by atoms with Crippen LogP contribution in [0.15, 0.2) is 4.79 Å². The van der Waals surface area contributed by atoms with E-state index in [1.54, 1.807) is 11.3 Å². The third kappa shape index (κ3) is 1.11. The summed E-state index contributed by atoms with van der Waals surface area (Å²) in [5, 5.41) is 0. The van der Waals surface area contributed by atoms with Crippen LogP contribution in [0.1, 0.15) is 22.7 Å². The topological polar surface area (TPSA) is 34.9 Å². The summed E-state index contributed by atoms with van der Waals surface area (Å²) in [6.07, 6.45) is 2.00. The van der Waals surface area contributed by atoms with Gasteiger partial charge in [0, 0.05) is 17.8 Å². The molecule has 0 fully saturated rings. The molecule has 0 aromatic carbocycles. The van der Waals surface area contributed by atoms with Gasteiger partial charge in [-0.3, -0.25) is 9.36 Å². The minimum Gasteiger partial charge on any atom is -0.295 e. The van der Waals surface area contributed by atoms with E-state index < -0.39 is 0 Å². The van der Waals surface area contributed by atoms with Crippen LogP contribution in [0.5, 0.6) is 0 Å². The molecule has 0 N–H and O–H groups in total. The fourth-order valence-electron chi connectivity index (χ4n) is 2.14. The Morgan fingerprint density at radius 2 is 2.20 bits per heavy atom. The number of rotatable bonds is 0. The monoisotopic (exact) mass is 220 g/mol. The van der Waals surface area contributed by atoms with Crippen LogP contribution < -0.4 is 5.56 Å². The number of hydrogen-bond donors (Lipinski definition) is 0. The molecule has 4 heteroatoms. The minimum atomic E-state index is 0.161. The summed E-state index contributed by atoms with van der Waals surface area (Å²) in [7, 11) is 0. The second kappa shape index (κ2) is 2.92. The van der Waals surface area contributed by atoms with Crippen LogP contribution in [0.4, 0.5) is 0 Å². The Hall–Kier alpha value is -1.16. The molecule has 3 heterocycles. The Labute approximate surface area is 91.4 Å². The van der Waals surface area contributed by atoms with Crippen molar-refractivity contribution < 1.29 is 0 Å². The summed E-state index contributed by atoms with van der Waals surface area (Å²) in [4.78, 5) is 17.9. The van der Waals surface area contributed by atoms with E-state index in [1.165, 1.54) is 10.4 Å². The fraction of sp³-hybridized carbons (Fsp3) is 0.455. The van der Waals surface area contributed by atoms with Gasteiger partial charge in [0.2, 0.25) is 0 Å². The Bertz CT molecular complexity index is 609. The van der Waals surface area contributed by atoms with Crippen LogP contribution in [0, 0.1) is 13.8 Å². The maximum Gasteiger partial charge on any atom is 0.271 e. The molecule has 0 spiro atoms. The summed E-state index contributed by atoms with van der Waals surface area (Å²) in [6, 6.07) is 0. The average Bonchev–Trinajstić information content (AvgIpc) is 2.77. The maximum atomic E-state index is 12.1. The van der Waals surface area contributed by atoms with Crippen LogP contribution in [-0.4, -0.2) is 9.55 Å². The van der Waals surface area contributed by atoms with Gasteiger partial charge in [0.25, 0.3) is 5.56 Å². The minimum absolute atomic E-state index is 0.161. The van der Waals surface area contributed by atoms with E-state index in [0.717, 1.165) is 35.4 Å². The van der Waals surface area contributed by atoms with Gasteiger partial charge in [0.05, 0.1) is 5.52 Å². The first-order valence-corrected chi connectivity index (χ1v) is 5.99. The van der Waals surface area contributed by atoms with Gasteiger partial charge in [0.1, 0.15) is 10.5 Å². The molecule has 0 amide bonds. The summed E-state index contributed by atoms with van der Waals surface area (Å²) in [5.74, 6) is 0.966. The molecule has 0 atom stereocenters. The van der Waals surface area contributed by atoms with E-state index in [-0.39, 0.29) is 5.56 Å². The number of nitrogens with zero attached hydrogens (tertiary/aromatic N) is 2. The SMILES string of the molecule is Cc1sc2c(=O)n3c(nc2c1C)CCC3. The van der Waals surface area contributed by atoms with Crippen molar-refractivity contribution in [2.24, 2.45) is 0 Å². The van der Waals surface area contributed by atoms with Crippen LogP contribution in [0.25, 0.3) is 10.2 Å². The first-order chi connectivity index (χ1) is 7.18. The van der Waals surface area contributed by atoms with Gasteiger partial charge in [-0.1, -0.05) is 0 Å². The fourth-order valence-corrected chi connectivity index (χ4v) is 3.19. The summed E-state index contributed by atoms with van der Waals surface area (Å²) >= 11 is 1.58. The molecule has 0 aliphatic carbocycles. The zero-order chi connectivity index (χ0) is 10.6. The van der Waals surface area contributed by atoms with Crippen molar-refractivity contribution in [3.8, 4) is 0 Å². The molecular formula is C11H12N2OS. The van der Waals surface area contributed by atoms with Gasteiger partial charge >= 0.3 is 0 Å². The van der Waals surface area contributed by atoms with Crippen LogP contribution in [-0.2, 0) is 13.0 Å². The molecule has 2 aromatic rings. The molecule has 3 nitrogen and oxygen atoms in total.